The van der Waals surface area contributed by atoms with Gasteiger partial charge in [-0.1, -0.05) is 45.9 Å². The van der Waals surface area contributed by atoms with Gasteiger partial charge in [0.2, 0.25) is 0 Å². The van der Waals surface area contributed by atoms with Gasteiger partial charge in [-0.3, -0.25) is 9.78 Å². The summed E-state index contributed by atoms with van der Waals surface area (Å²) in [6, 6.07) is 8.62. The highest BCUT2D eigenvalue weighted by atomic mass is 16.4. The average Bonchev–Trinajstić information content (AvgIpc) is 2.54. The van der Waals surface area contributed by atoms with Crippen LogP contribution in [0.4, 0.5) is 5.69 Å². The average molecular weight is 326 g/mol. The van der Waals surface area contributed by atoms with Crippen molar-refractivity contribution in [2.75, 3.05) is 5.32 Å². The highest BCUT2D eigenvalue weighted by Crippen LogP contribution is 2.32. The second-order valence-corrected chi connectivity index (χ2v) is 6.31. The molecule has 0 fully saturated rings. The van der Waals surface area contributed by atoms with Crippen LogP contribution in [-0.2, 0) is 0 Å². The molecule has 0 radical (unpaired) electrons. The number of anilines is 1. The molecule has 0 aliphatic rings. The number of carbonyl (C=O) groups excluding carboxylic acids is 1. The van der Waals surface area contributed by atoms with Gasteiger partial charge < -0.3 is 10.4 Å². The fourth-order valence-corrected chi connectivity index (χ4v) is 2.56. The molecule has 0 aliphatic heterocycles. The number of pyridine rings is 1. The van der Waals surface area contributed by atoms with E-state index in [1.807, 2.05) is 18.2 Å². The molecule has 1 amide bonds. The normalized spacial score (nSPS) is 10.9. The lowest BCUT2D eigenvalue weighted by Crippen LogP contribution is -2.17. The van der Waals surface area contributed by atoms with Gasteiger partial charge in [0.25, 0.3) is 5.91 Å². The van der Waals surface area contributed by atoms with Crippen LogP contribution in [0.15, 0.2) is 36.5 Å². The molecule has 2 N–H and O–H groups in total. The maximum Gasteiger partial charge on any atom is 0.335 e. The minimum Gasteiger partial charge on any atom is -0.478 e. The van der Waals surface area contributed by atoms with Crippen LogP contribution >= 0.6 is 0 Å². The van der Waals surface area contributed by atoms with Gasteiger partial charge in [-0.05, 0) is 35.1 Å². The Bertz CT molecular complexity index is 741. The van der Waals surface area contributed by atoms with Crippen molar-refractivity contribution in [3.05, 3.63) is 58.9 Å². The summed E-state index contributed by atoms with van der Waals surface area (Å²) in [4.78, 5) is 27.6. The molecule has 0 aliphatic carbocycles. The largest absolute Gasteiger partial charge is 0.478 e. The van der Waals surface area contributed by atoms with E-state index in [0.717, 1.165) is 16.8 Å². The van der Waals surface area contributed by atoms with E-state index in [1.54, 1.807) is 0 Å². The van der Waals surface area contributed by atoms with Crippen LogP contribution in [0.25, 0.3) is 0 Å². The molecule has 0 unspecified atom stereocenters. The van der Waals surface area contributed by atoms with Gasteiger partial charge in [0.15, 0.2) is 0 Å². The Morgan fingerprint density at radius 1 is 1.04 bits per heavy atom. The molecular formula is C19H22N2O3. The first-order valence-corrected chi connectivity index (χ1v) is 7.94. The number of nitrogens with one attached hydrogen (secondary N) is 1. The molecular weight excluding hydrogens is 304 g/mol. The summed E-state index contributed by atoms with van der Waals surface area (Å²) in [7, 11) is 0. The van der Waals surface area contributed by atoms with E-state index < -0.39 is 11.9 Å². The minimum atomic E-state index is -1.09. The highest BCUT2D eigenvalue weighted by molar-refractivity contribution is 6.05. The van der Waals surface area contributed by atoms with E-state index >= 15 is 0 Å². The van der Waals surface area contributed by atoms with Gasteiger partial charge in [0.1, 0.15) is 5.69 Å². The zero-order valence-corrected chi connectivity index (χ0v) is 14.3. The maximum absolute atomic E-state index is 12.6. The third kappa shape index (κ3) is 3.79. The summed E-state index contributed by atoms with van der Waals surface area (Å²) in [5, 5.41) is 12.0. The first kappa shape index (κ1) is 17.7. The van der Waals surface area contributed by atoms with E-state index in [9.17, 15) is 9.59 Å². The van der Waals surface area contributed by atoms with E-state index in [0.29, 0.717) is 0 Å². The molecule has 1 heterocycles. The summed E-state index contributed by atoms with van der Waals surface area (Å²) in [6.45, 7) is 8.27. The van der Waals surface area contributed by atoms with Gasteiger partial charge in [-0.25, -0.2) is 4.79 Å². The number of hydrogen-bond donors (Lipinski definition) is 2. The Morgan fingerprint density at radius 2 is 1.62 bits per heavy atom. The summed E-state index contributed by atoms with van der Waals surface area (Å²) in [5.74, 6) is -1.00. The first-order chi connectivity index (χ1) is 11.3. The Hall–Kier alpha value is -2.69. The van der Waals surface area contributed by atoms with Crippen molar-refractivity contribution in [3.63, 3.8) is 0 Å². The molecule has 0 atom stereocenters. The molecule has 0 spiro atoms. The molecule has 5 heteroatoms. The molecule has 0 saturated heterocycles. The summed E-state index contributed by atoms with van der Waals surface area (Å²) in [5.41, 5.74) is 3.00. The monoisotopic (exact) mass is 326 g/mol. The fraction of sp³-hybridized carbons (Fsp3) is 0.316. The van der Waals surface area contributed by atoms with Crippen molar-refractivity contribution in [2.45, 2.75) is 39.5 Å². The number of rotatable bonds is 5. The fourth-order valence-electron chi connectivity index (χ4n) is 2.56. The predicted octanol–water partition coefficient (Wildman–Crippen LogP) is 4.28. The van der Waals surface area contributed by atoms with Crippen LogP contribution in [0.1, 0.15) is 71.5 Å². The third-order valence-electron chi connectivity index (χ3n) is 3.85. The molecule has 5 nitrogen and oxygen atoms in total. The number of aromatic nitrogens is 1. The van der Waals surface area contributed by atoms with E-state index in [1.165, 1.54) is 18.3 Å². The molecule has 24 heavy (non-hydrogen) atoms. The number of carboxylic acid groups (broad SMARTS) is 1. The van der Waals surface area contributed by atoms with Crippen LogP contribution in [-0.4, -0.2) is 22.0 Å². The number of amides is 1. The van der Waals surface area contributed by atoms with Crippen LogP contribution in [0, 0.1) is 0 Å². The van der Waals surface area contributed by atoms with Gasteiger partial charge in [-0.15, -0.1) is 0 Å². The minimum absolute atomic E-state index is 0.0383. The quantitative estimate of drug-likeness (QED) is 0.859. The van der Waals surface area contributed by atoms with E-state index in [2.05, 4.69) is 38.0 Å². The molecule has 1 aromatic heterocycles. The molecule has 2 rings (SSSR count). The molecule has 126 valence electrons. The lowest BCUT2D eigenvalue weighted by molar-refractivity contribution is 0.0696. The second-order valence-electron chi connectivity index (χ2n) is 6.31. The third-order valence-corrected chi connectivity index (χ3v) is 3.85. The standard InChI is InChI=1S/C19H22N2O3/c1-11(2)14-6-5-7-15(12(3)4)17(14)21-18(22)16-10-13(19(23)24)8-9-20-16/h5-12H,1-4H3,(H,21,22)(H,23,24). The second kappa shape index (κ2) is 7.25. The number of carboxylic acids is 1. The lowest BCUT2D eigenvalue weighted by atomic mass is 9.92. The first-order valence-electron chi connectivity index (χ1n) is 7.94. The number of hydrogen-bond acceptors (Lipinski definition) is 3. The number of benzene rings is 1. The Kier molecular flexibility index (Phi) is 5.34. The molecule has 1 aromatic carbocycles. The van der Waals surface area contributed by atoms with Crippen molar-refractivity contribution < 1.29 is 14.7 Å². The Morgan fingerprint density at radius 3 is 2.12 bits per heavy atom. The zero-order valence-electron chi connectivity index (χ0n) is 14.3. The maximum atomic E-state index is 12.6. The van der Waals surface area contributed by atoms with E-state index in [-0.39, 0.29) is 23.1 Å². The van der Waals surface area contributed by atoms with Crippen molar-refractivity contribution in [3.8, 4) is 0 Å². The highest BCUT2D eigenvalue weighted by Gasteiger charge is 2.18. The van der Waals surface area contributed by atoms with Crippen molar-refractivity contribution >= 4 is 17.6 Å². The zero-order chi connectivity index (χ0) is 17.9. The molecule has 0 saturated carbocycles. The number of nitrogens with zero attached hydrogens (tertiary/aromatic N) is 1. The summed E-state index contributed by atoms with van der Waals surface area (Å²) < 4.78 is 0. The summed E-state index contributed by atoms with van der Waals surface area (Å²) in [6.07, 6.45) is 1.33. The van der Waals surface area contributed by atoms with E-state index in [4.69, 9.17) is 5.11 Å². The lowest BCUT2D eigenvalue weighted by Gasteiger charge is -2.20. The Balaban J connectivity index is 2.41. The van der Waals surface area contributed by atoms with Gasteiger partial charge >= 0.3 is 5.97 Å². The predicted molar refractivity (Wildman–Crippen MR) is 93.8 cm³/mol. The van der Waals surface area contributed by atoms with Gasteiger partial charge in [-0.2, -0.15) is 0 Å². The molecule has 2 aromatic rings. The van der Waals surface area contributed by atoms with Crippen LogP contribution in [0.3, 0.4) is 0 Å². The Labute approximate surface area is 141 Å². The van der Waals surface area contributed by atoms with Gasteiger partial charge in [0, 0.05) is 11.9 Å². The van der Waals surface area contributed by atoms with Crippen molar-refractivity contribution in [2.24, 2.45) is 0 Å². The van der Waals surface area contributed by atoms with Crippen LogP contribution in [0.5, 0.6) is 0 Å². The topological polar surface area (TPSA) is 79.3 Å². The van der Waals surface area contributed by atoms with Crippen molar-refractivity contribution in [1.82, 2.24) is 4.98 Å². The smallest absolute Gasteiger partial charge is 0.335 e. The SMILES string of the molecule is CC(C)c1cccc(C(C)C)c1NC(=O)c1cc(C(=O)O)ccn1. The van der Waals surface area contributed by atoms with Gasteiger partial charge in [0.05, 0.1) is 5.56 Å². The number of aromatic carboxylic acids is 1. The molecule has 0 bridgehead atoms. The number of carbonyl (C=O) groups is 2. The number of para-hydroxylation sites is 1. The van der Waals surface area contributed by atoms with Crippen molar-refractivity contribution in [1.29, 1.82) is 0 Å². The van der Waals surface area contributed by atoms with Crippen LogP contribution < -0.4 is 5.32 Å². The summed E-state index contributed by atoms with van der Waals surface area (Å²) >= 11 is 0. The van der Waals surface area contributed by atoms with Crippen LogP contribution in [0.2, 0.25) is 0 Å².